The number of benzene rings is 1. The van der Waals surface area contributed by atoms with Gasteiger partial charge in [0.25, 0.3) is 0 Å². The van der Waals surface area contributed by atoms with Gasteiger partial charge >= 0.3 is 0 Å². The van der Waals surface area contributed by atoms with E-state index in [-0.39, 0.29) is 5.78 Å². The Labute approximate surface area is 89.0 Å². The molecule has 0 bridgehead atoms. The summed E-state index contributed by atoms with van der Waals surface area (Å²) in [4.78, 5) is 15.5. The first-order valence-corrected chi connectivity index (χ1v) is 5.01. The Bertz CT molecular complexity index is 517. The molecule has 0 atom stereocenters. The second kappa shape index (κ2) is 3.81. The number of rotatable bonds is 2. The van der Waals surface area contributed by atoms with Crippen molar-refractivity contribution in [1.29, 1.82) is 0 Å². The Kier molecular flexibility index (Phi) is 2.50. The molecule has 1 heterocycles. The summed E-state index contributed by atoms with van der Waals surface area (Å²) in [6.45, 7) is 3.64. The molecule has 1 aromatic carbocycles. The minimum atomic E-state index is 0.150. The summed E-state index contributed by atoms with van der Waals surface area (Å²) in [6, 6.07) is 9.99. The number of carbonyl (C=O) groups excluding carboxylic acids is 1. The number of aryl methyl sites for hydroxylation is 1. The highest BCUT2D eigenvalue weighted by atomic mass is 16.1. The van der Waals surface area contributed by atoms with Crippen molar-refractivity contribution in [1.82, 2.24) is 4.98 Å². The molecule has 1 aromatic heterocycles. The van der Waals surface area contributed by atoms with Gasteiger partial charge in [-0.1, -0.05) is 18.2 Å². The van der Waals surface area contributed by atoms with Gasteiger partial charge in [0.15, 0.2) is 0 Å². The van der Waals surface area contributed by atoms with Crippen molar-refractivity contribution in [2.45, 2.75) is 20.3 Å². The van der Waals surface area contributed by atoms with Crippen LogP contribution < -0.4 is 0 Å². The van der Waals surface area contributed by atoms with Crippen molar-refractivity contribution < 1.29 is 4.79 Å². The molecule has 0 saturated carbocycles. The number of pyridine rings is 1. The van der Waals surface area contributed by atoms with Crippen LogP contribution in [0.25, 0.3) is 10.9 Å². The van der Waals surface area contributed by atoms with E-state index in [1.807, 2.05) is 31.2 Å². The highest BCUT2D eigenvalue weighted by Gasteiger charge is 2.03. The second-order valence-electron chi connectivity index (χ2n) is 3.83. The number of hydrogen-bond donors (Lipinski definition) is 0. The first-order valence-electron chi connectivity index (χ1n) is 5.01. The molecular weight excluding hydrogens is 186 g/mol. The maximum atomic E-state index is 11.0. The van der Waals surface area contributed by atoms with Gasteiger partial charge in [-0.15, -0.1) is 0 Å². The van der Waals surface area contributed by atoms with E-state index in [1.165, 1.54) is 5.56 Å². The molecule has 0 radical (unpaired) electrons. The highest BCUT2D eigenvalue weighted by Crippen LogP contribution is 2.17. The van der Waals surface area contributed by atoms with Crippen molar-refractivity contribution >= 4 is 16.7 Å². The van der Waals surface area contributed by atoms with Gasteiger partial charge < -0.3 is 0 Å². The first kappa shape index (κ1) is 9.84. The standard InChI is InChI=1S/C13H13NO/c1-9-7-11(8-10(2)15)14-13-6-4-3-5-12(9)13/h3-7H,8H2,1-2H3. The van der Waals surface area contributed by atoms with Gasteiger partial charge in [0, 0.05) is 17.5 Å². The molecule has 0 aliphatic carbocycles. The summed E-state index contributed by atoms with van der Waals surface area (Å²) < 4.78 is 0. The van der Waals surface area contributed by atoms with Gasteiger partial charge in [-0.25, -0.2) is 0 Å². The largest absolute Gasteiger partial charge is 0.300 e. The van der Waals surface area contributed by atoms with Crippen molar-refractivity contribution in [3.05, 3.63) is 41.6 Å². The average molecular weight is 199 g/mol. The number of aromatic nitrogens is 1. The van der Waals surface area contributed by atoms with Gasteiger partial charge in [0.05, 0.1) is 5.52 Å². The average Bonchev–Trinajstić information content (AvgIpc) is 2.16. The van der Waals surface area contributed by atoms with Crippen LogP contribution in [0.4, 0.5) is 0 Å². The normalized spacial score (nSPS) is 10.5. The Morgan fingerprint density at radius 1 is 1.33 bits per heavy atom. The van der Waals surface area contributed by atoms with Crippen molar-refractivity contribution in [3.63, 3.8) is 0 Å². The molecule has 0 saturated heterocycles. The molecule has 0 aliphatic rings. The second-order valence-corrected chi connectivity index (χ2v) is 3.83. The third-order valence-corrected chi connectivity index (χ3v) is 2.41. The number of carbonyl (C=O) groups is 1. The van der Waals surface area contributed by atoms with E-state index in [0.29, 0.717) is 6.42 Å². The number of fused-ring (bicyclic) bond motifs is 1. The summed E-state index contributed by atoms with van der Waals surface area (Å²) in [7, 11) is 0. The molecule has 2 rings (SSSR count). The third kappa shape index (κ3) is 2.04. The van der Waals surface area contributed by atoms with E-state index in [2.05, 4.69) is 11.1 Å². The van der Waals surface area contributed by atoms with Crippen molar-refractivity contribution in [2.75, 3.05) is 0 Å². The van der Waals surface area contributed by atoms with Crippen LogP contribution in [-0.2, 0) is 11.2 Å². The third-order valence-electron chi connectivity index (χ3n) is 2.41. The Morgan fingerprint density at radius 2 is 2.07 bits per heavy atom. The molecular formula is C13H13NO. The fourth-order valence-electron chi connectivity index (χ4n) is 1.76. The Hall–Kier alpha value is -1.70. The summed E-state index contributed by atoms with van der Waals surface area (Å²) in [5.41, 5.74) is 3.00. The van der Waals surface area contributed by atoms with Gasteiger partial charge in [-0.3, -0.25) is 9.78 Å². The number of ketones is 1. The van der Waals surface area contributed by atoms with Crippen molar-refractivity contribution in [2.24, 2.45) is 0 Å². The summed E-state index contributed by atoms with van der Waals surface area (Å²) in [6.07, 6.45) is 0.422. The zero-order valence-electron chi connectivity index (χ0n) is 8.95. The summed E-state index contributed by atoms with van der Waals surface area (Å²) in [5, 5.41) is 1.16. The van der Waals surface area contributed by atoms with E-state index in [9.17, 15) is 4.79 Å². The predicted molar refractivity (Wildman–Crippen MR) is 60.9 cm³/mol. The quantitative estimate of drug-likeness (QED) is 0.744. The van der Waals surface area contributed by atoms with E-state index in [0.717, 1.165) is 16.6 Å². The Balaban J connectivity index is 2.57. The fourth-order valence-corrected chi connectivity index (χ4v) is 1.76. The van der Waals surface area contributed by atoms with E-state index in [1.54, 1.807) is 6.92 Å². The molecule has 0 amide bonds. The lowest BCUT2D eigenvalue weighted by molar-refractivity contribution is -0.116. The number of para-hydroxylation sites is 1. The van der Waals surface area contributed by atoms with Crippen LogP contribution in [0.5, 0.6) is 0 Å². The lowest BCUT2D eigenvalue weighted by Crippen LogP contribution is -2.00. The van der Waals surface area contributed by atoms with Gasteiger partial charge in [0.1, 0.15) is 5.78 Å². The summed E-state index contributed by atoms with van der Waals surface area (Å²) >= 11 is 0. The van der Waals surface area contributed by atoms with Crippen LogP contribution in [0.15, 0.2) is 30.3 Å². The molecule has 0 unspecified atom stereocenters. The van der Waals surface area contributed by atoms with E-state index >= 15 is 0 Å². The minimum absolute atomic E-state index is 0.150. The smallest absolute Gasteiger partial charge is 0.135 e. The SMILES string of the molecule is CC(=O)Cc1cc(C)c2ccccc2n1. The maximum Gasteiger partial charge on any atom is 0.135 e. The molecule has 0 spiro atoms. The summed E-state index contributed by atoms with van der Waals surface area (Å²) in [5.74, 6) is 0.150. The van der Waals surface area contributed by atoms with Crippen LogP contribution in [0.3, 0.4) is 0 Å². The van der Waals surface area contributed by atoms with Crippen molar-refractivity contribution in [3.8, 4) is 0 Å². The molecule has 2 aromatic rings. The van der Waals surface area contributed by atoms with Crippen LogP contribution in [-0.4, -0.2) is 10.8 Å². The molecule has 0 fully saturated rings. The number of nitrogens with zero attached hydrogens (tertiary/aromatic N) is 1. The lowest BCUT2D eigenvalue weighted by atomic mass is 10.1. The molecule has 2 heteroatoms. The molecule has 76 valence electrons. The van der Waals surface area contributed by atoms with Crippen LogP contribution in [0, 0.1) is 6.92 Å². The lowest BCUT2D eigenvalue weighted by Gasteiger charge is -2.04. The molecule has 0 N–H and O–H groups in total. The number of Topliss-reactive ketones (excluding diaryl/α,β-unsaturated/α-hetero) is 1. The fraction of sp³-hybridized carbons (Fsp3) is 0.231. The zero-order chi connectivity index (χ0) is 10.8. The van der Waals surface area contributed by atoms with E-state index in [4.69, 9.17) is 0 Å². The molecule has 0 aliphatic heterocycles. The van der Waals surface area contributed by atoms with Gasteiger partial charge in [0.2, 0.25) is 0 Å². The Morgan fingerprint density at radius 3 is 2.80 bits per heavy atom. The van der Waals surface area contributed by atoms with Crippen LogP contribution in [0.2, 0.25) is 0 Å². The number of hydrogen-bond acceptors (Lipinski definition) is 2. The van der Waals surface area contributed by atoms with Gasteiger partial charge in [-0.05, 0) is 31.5 Å². The maximum absolute atomic E-state index is 11.0. The first-order chi connectivity index (χ1) is 7.16. The van der Waals surface area contributed by atoms with E-state index < -0.39 is 0 Å². The minimum Gasteiger partial charge on any atom is -0.300 e. The highest BCUT2D eigenvalue weighted by molar-refractivity contribution is 5.83. The molecule has 2 nitrogen and oxygen atoms in total. The monoisotopic (exact) mass is 199 g/mol. The topological polar surface area (TPSA) is 30.0 Å². The van der Waals surface area contributed by atoms with Crippen LogP contribution >= 0.6 is 0 Å². The van der Waals surface area contributed by atoms with Gasteiger partial charge in [-0.2, -0.15) is 0 Å². The van der Waals surface area contributed by atoms with Crippen LogP contribution in [0.1, 0.15) is 18.2 Å². The zero-order valence-corrected chi connectivity index (χ0v) is 8.95. The predicted octanol–water partition coefficient (Wildman–Crippen LogP) is 2.67. The molecule has 15 heavy (non-hydrogen) atoms.